The molecular weight excluding hydrogens is 311 g/mol. The standard InChI is InChI=1S/C16H14F3NO3/c1-23-14-5-3-2-4-10(14)16(22)20-13(8-21)9-6-11(17)15(19)12(18)7-9/h2-7,13,21H,8H2,1H3,(H,20,22). The van der Waals surface area contributed by atoms with Crippen molar-refractivity contribution in [2.75, 3.05) is 13.7 Å². The average molecular weight is 325 g/mol. The highest BCUT2D eigenvalue weighted by Gasteiger charge is 2.20. The third-order valence-corrected chi connectivity index (χ3v) is 3.25. The van der Waals surface area contributed by atoms with Crippen LogP contribution in [0.5, 0.6) is 5.75 Å². The lowest BCUT2D eigenvalue weighted by Gasteiger charge is -2.18. The van der Waals surface area contributed by atoms with Gasteiger partial charge in [0.2, 0.25) is 0 Å². The predicted molar refractivity (Wildman–Crippen MR) is 76.6 cm³/mol. The molecule has 0 aliphatic carbocycles. The van der Waals surface area contributed by atoms with Gasteiger partial charge in [-0.05, 0) is 29.8 Å². The molecule has 0 saturated heterocycles. The fourth-order valence-corrected chi connectivity index (χ4v) is 2.08. The van der Waals surface area contributed by atoms with Crippen molar-refractivity contribution in [3.63, 3.8) is 0 Å². The highest BCUT2D eigenvalue weighted by atomic mass is 19.2. The second-order valence-electron chi connectivity index (χ2n) is 4.71. The van der Waals surface area contributed by atoms with Crippen LogP contribution < -0.4 is 10.1 Å². The van der Waals surface area contributed by atoms with Crippen LogP contribution in [0, 0.1) is 17.5 Å². The van der Waals surface area contributed by atoms with Gasteiger partial charge in [-0.25, -0.2) is 13.2 Å². The summed E-state index contributed by atoms with van der Waals surface area (Å²) in [6, 6.07) is 6.70. The van der Waals surface area contributed by atoms with Crippen LogP contribution in [0.25, 0.3) is 0 Å². The van der Waals surface area contributed by atoms with Gasteiger partial charge in [0.1, 0.15) is 5.75 Å². The van der Waals surface area contributed by atoms with Crippen molar-refractivity contribution in [1.29, 1.82) is 0 Å². The zero-order valence-electron chi connectivity index (χ0n) is 12.1. The first-order chi connectivity index (χ1) is 11.0. The molecule has 2 N–H and O–H groups in total. The Morgan fingerprint density at radius 3 is 2.39 bits per heavy atom. The maximum atomic E-state index is 13.3. The van der Waals surface area contributed by atoms with Crippen molar-refractivity contribution < 1.29 is 27.8 Å². The van der Waals surface area contributed by atoms with Crippen LogP contribution in [0.2, 0.25) is 0 Å². The third kappa shape index (κ3) is 3.62. The molecular formula is C16H14F3NO3. The van der Waals surface area contributed by atoms with E-state index in [1.54, 1.807) is 18.2 Å². The molecule has 0 radical (unpaired) electrons. The van der Waals surface area contributed by atoms with Crippen LogP contribution >= 0.6 is 0 Å². The third-order valence-electron chi connectivity index (χ3n) is 3.25. The number of aliphatic hydroxyl groups excluding tert-OH is 1. The second kappa shape index (κ2) is 7.15. The summed E-state index contributed by atoms with van der Waals surface area (Å²) in [4.78, 5) is 12.2. The maximum Gasteiger partial charge on any atom is 0.255 e. The van der Waals surface area contributed by atoms with Crippen LogP contribution in [0.3, 0.4) is 0 Å². The molecule has 7 heteroatoms. The van der Waals surface area contributed by atoms with Crippen molar-refractivity contribution >= 4 is 5.91 Å². The largest absolute Gasteiger partial charge is 0.496 e. The summed E-state index contributed by atoms with van der Waals surface area (Å²) in [5.41, 5.74) is 0.101. The number of rotatable bonds is 5. The predicted octanol–water partition coefficient (Wildman–Crippen LogP) is 2.58. The van der Waals surface area contributed by atoms with Gasteiger partial charge in [-0.1, -0.05) is 12.1 Å². The monoisotopic (exact) mass is 325 g/mol. The normalized spacial score (nSPS) is 11.9. The number of methoxy groups -OCH3 is 1. The fourth-order valence-electron chi connectivity index (χ4n) is 2.08. The Morgan fingerprint density at radius 1 is 1.22 bits per heavy atom. The highest BCUT2D eigenvalue weighted by Crippen LogP contribution is 2.22. The lowest BCUT2D eigenvalue weighted by Crippen LogP contribution is -2.31. The van der Waals surface area contributed by atoms with E-state index in [1.165, 1.54) is 13.2 Å². The number of carbonyl (C=O) groups is 1. The van der Waals surface area contributed by atoms with Gasteiger partial charge in [0.25, 0.3) is 5.91 Å². The summed E-state index contributed by atoms with van der Waals surface area (Å²) >= 11 is 0. The van der Waals surface area contributed by atoms with Gasteiger partial charge in [-0.3, -0.25) is 4.79 Å². The van der Waals surface area contributed by atoms with Gasteiger partial charge in [0.05, 0.1) is 25.3 Å². The highest BCUT2D eigenvalue weighted by molar-refractivity contribution is 5.97. The Hall–Kier alpha value is -2.54. The minimum atomic E-state index is -1.61. The Bertz CT molecular complexity index is 698. The van der Waals surface area contributed by atoms with Gasteiger partial charge < -0.3 is 15.2 Å². The van der Waals surface area contributed by atoms with E-state index < -0.39 is 36.0 Å². The first-order valence-corrected chi connectivity index (χ1v) is 6.67. The molecule has 0 saturated carbocycles. The molecule has 0 aromatic heterocycles. The molecule has 0 aliphatic rings. The molecule has 4 nitrogen and oxygen atoms in total. The lowest BCUT2D eigenvalue weighted by molar-refractivity contribution is 0.0912. The van der Waals surface area contributed by atoms with Crippen molar-refractivity contribution in [2.24, 2.45) is 0 Å². The van der Waals surface area contributed by atoms with Gasteiger partial charge in [0.15, 0.2) is 17.5 Å². The first-order valence-electron chi connectivity index (χ1n) is 6.67. The maximum absolute atomic E-state index is 13.3. The van der Waals surface area contributed by atoms with Gasteiger partial charge in [-0.2, -0.15) is 0 Å². The molecule has 2 aromatic rings. The topological polar surface area (TPSA) is 58.6 Å². The van der Waals surface area contributed by atoms with Gasteiger partial charge in [-0.15, -0.1) is 0 Å². The molecule has 122 valence electrons. The number of hydrogen-bond acceptors (Lipinski definition) is 3. The van der Waals surface area contributed by atoms with E-state index in [1.807, 2.05) is 0 Å². The van der Waals surface area contributed by atoms with E-state index in [9.17, 15) is 23.1 Å². The average Bonchev–Trinajstić information content (AvgIpc) is 2.56. The van der Waals surface area contributed by atoms with Gasteiger partial charge >= 0.3 is 0 Å². The number of ether oxygens (including phenoxy) is 1. The van der Waals surface area contributed by atoms with Crippen LogP contribution in [-0.4, -0.2) is 24.7 Å². The van der Waals surface area contributed by atoms with Crippen molar-refractivity contribution in [3.05, 3.63) is 65.0 Å². The molecule has 1 unspecified atom stereocenters. The quantitative estimate of drug-likeness (QED) is 0.831. The van der Waals surface area contributed by atoms with Crippen molar-refractivity contribution in [2.45, 2.75) is 6.04 Å². The van der Waals surface area contributed by atoms with E-state index >= 15 is 0 Å². The number of halogens is 3. The number of aliphatic hydroxyl groups is 1. The van der Waals surface area contributed by atoms with Crippen LogP contribution in [0.4, 0.5) is 13.2 Å². The first kappa shape index (κ1) is 16.8. The molecule has 0 heterocycles. The van der Waals surface area contributed by atoms with Crippen LogP contribution in [-0.2, 0) is 0 Å². The van der Waals surface area contributed by atoms with E-state index in [-0.39, 0.29) is 11.1 Å². The summed E-state index contributed by atoms with van der Waals surface area (Å²) in [7, 11) is 1.39. The molecule has 0 fully saturated rings. The SMILES string of the molecule is COc1ccccc1C(=O)NC(CO)c1cc(F)c(F)c(F)c1. The van der Waals surface area contributed by atoms with E-state index in [0.29, 0.717) is 5.75 Å². The number of amides is 1. The number of benzene rings is 2. The summed E-state index contributed by atoms with van der Waals surface area (Å²) in [6.45, 7) is -0.620. The second-order valence-corrected chi connectivity index (χ2v) is 4.71. The number of nitrogens with one attached hydrogen (secondary N) is 1. The van der Waals surface area contributed by atoms with Gasteiger partial charge in [0, 0.05) is 0 Å². The minimum absolute atomic E-state index is 0.0906. The Labute approximate surface area is 130 Å². The van der Waals surface area contributed by atoms with E-state index in [4.69, 9.17) is 4.74 Å². The summed E-state index contributed by atoms with van der Waals surface area (Å²) in [5, 5.41) is 11.8. The van der Waals surface area contributed by atoms with Crippen molar-refractivity contribution in [1.82, 2.24) is 5.32 Å². The van der Waals surface area contributed by atoms with E-state index in [2.05, 4.69) is 5.32 Å². The fraction of sp³-hybridized carbons (Fsp3) is 0.188. The zero-order valence-corrected chi connectivity index (χ0v) is 12.1. The zero-order chi connectivity index (χ0) is 17.0. The Balaban J connectivity index is 2.27. The molecule has 2 aromatic carbocycles. The molecule has 0 spiro atoms. The number of carbonyl (C=O) groups excluding carboxylic acids is 1. The summed E-state index contributed by atoms with van der Waals surface area (Å²) in [6.07, 6.45) is 0. The minimum Gasteiger partial charge on any atom is -0.496 e. The van der Waals surface area contributed by atoms with Crippen molar-refractivity contribution in [3.8, 4) is 5.75 Å². The van der Waals surface area contributed by atoms with E-state index in [0.717, 1.165) is 12.1 Å². The molecule has 1 atom stereocenters. The molecule has 0 bridgehead atoms. The molecule has 0 aliphatic heterocycles. The summed E-state index contributed by atoms with van der Waals surface area (Å²) in [5.74, 6) is -4.71. The molecule has 2 rings (SSSR count). The smallest absolute Gasteiger partial charge is 0.255 e. The molecule has 1 amide bonds. The lowest BCUT2D eigenvalue weighted by atomic mass is 10.1. The Kier molecular flexibility index (Phi) is 5.23. The number of hydrogen-bond donors (Lipinski definition) is 2. The Morgan fingerprint density at radius 2 is 1.83 bits per heavy atom. The van der Waals surface area contributed by atoms with Crippen LogP contribution in [0.1, 0.15) is 22.0 Å². The number of para-hydroxylation sites is 1. The molecule has 23 heavy (non-hydrogen) atoms. The summed E-state index contributed by atoms with van der Waals surface area (Å²) < 4.78 is 44.6. The van der Waals surface area contributed by atoms with Crippen LogP contribution in [0.15, 0.2) is 36.4 Å².